The number of fused-ring (bicyclic) bond motifs is 1. The quantitative estimate of drug-likeness (QED) is 0.711. The topological polar surface area (TPSA) is 70.7 Å². The highest BCUT2D eigenvalue weighted by atomic mass is 35.5. The lowest BCUT2D eigenvalue weighted by molar-refractivity contribution is 0.102. The molecule has 0 spiro atoms. The summed E-state index contributed by atoms with van der Waals surface area (Å²) in [6, 6.07) is 9.21. The number of hydrogen-bond donors (Lipinski definition) is 2. The number of aromatic nitrogens is 3. The van der Waals surface area contributed by atoms with Crippen molar-refractivity contribution in [2.24, 2.45) is 0 Å². The van der Waals surface area contributed by atoms with E-state index in [9.17, 15) is 4.79 Å². The van der Waals surface area contributed by atoms with Crippen molar-refractivity contribution in [1.82, 2.24) is 15.0 Å². The van der Waals surface area contributed by atoms with Crippen LogP contribution in [0.3, 0.4) is 0 Å². The van der Waals surface area contributed by atoms with E-state index in [4.69, 9.17) is 11.6 Å². The van der Waals surface area contributed by atoms with Crippen molar-refractivity contribution in [2.45, 2.75) is 6.92 Å². The monoisotopic (exact) mass is 286 g/mol. The lowest BCUT2D eigenvalue weighted by Crippen LogP contribution is -2.14. The summed E-state index contributed by atoms with van der Waals surface area (Å²) < 4.78 is 0. The number of para-hydroxylation sites is 1. The fraction of sp³-hybridized carbons (Fsp3) is 0.0714. The molecule has 2 aromatic heterocycles. The van der Waals surface area contributed by atoms with Crippen LogP contribution in [-0.2, 0) is 0 Å². The number of carbonyl (C=O) groups excluding carboxylic acids is 1. The van der Waals surface area contributed by atoms with Crippen molar-refractivity contribution in [3.63, 3.8) is 0 Å². The van der Waals surface area contributed by atoms with Gasteiger partial charge in [-0.15, -0.1) is 0 Å². The molecular formula is C14H11ClN4O. The number of aryl methyl sites for hydroxylation is 1. The van der Waals surface area contributed by atoms with E-state index >= 15 is 0 Å². The Morgan fingerprint density at radius 3 is 2.90 bits per heavy atom. The maximum atomic E-state index is 12.3. The fourth-order valence-corrected chi connectivity index (χ4v) is 2.25. The molecule has 0 aliphatic heterocycles. The van der Waals surface area contributed by atoms with Gasteiger partial charge in [-0.25, -0.2) is 9.97 Å². The zero-order valence-corrected chi connectivity index (χ0v) is 11.4. The highest BCUT2D eigenvalue weighted by Crippen LogP contribution is 2.19. The highest BCUT2D eigenvalue weighted by molar-refractivity contribution is 6.29. The first-order chi connectivity index (χ1) is 9.63. The van der Waals surface area contributed by atoms with E-state index in [1.54, 1.807) is 19.2 Å². The van der Waals surface area contributed by atoms with Gasteiger partial charge in [0.05, 0.1) is 5.56 Å². The predicted molar refractivity (Wildman–Crippen MR) is 78.0 cm³/mol. The van der Waals surface area contributed by atoms with Gasteiger partial charge in [0.25, 0.3) is 5.91 Å². The lowest BCUT2D eigenvalue weighted by atomic mass is 10.1. The minimum absolute atomic E-state index is 0.199. The number of nitrogens with zero attached hydrogens (tertiary/aromatic N) is 2. The highest BCUT2D eigenvalue weighted by Gasteiger charge is 2.13. The molecule has 5 nitrogen and oxygen atoms in total. The van der Waals surface area contributed by atoms with E-state index in [1.807, 2.05) is 24.3 Å². The van der Waals surface area contributed by atoms with Crippen LogP contribution in [0.4, 0.5) is 5.95 Å². The molecule has 2 heterocycles. The van der Waals surface area contributed by atoms with E-state index in [0.717, 1.165) is 10.9 Å². The molecule has 3 aromatic rings. The SMILES string of the molecule is Cc1cc(Cl)nc(NC(=O)c2c[nH]c3ccccc23)n1. The number of amides is 1. The van der Waals surface area contributed by atoms with Crippen molar-refractivity contribution in [2.75, 3.05) is 5.32 Å². The second-order valence-electron chi connectivity index (χ2n) is 4.36. The van der Waals surface area contributed by atoms with Gasteiger partial charge in [-0.2, -0.15) is 0 Å². The zero-order chi connectivity index (χ0) is 14.1. The van der Waals surface area contributed by atoms with E-state index in [-0.39, 0.29) is 11.9 Å². The number of carbonyl (C=O) groups is 1. The number of halogens is 1. The molecule has 0 radical (unpaired) electrons. The van der Waals surface area contributed by atoms with Crippen molar-refractivity contribution in [3.05, 3.63) is 52.9 Å². The first kappa shape index (κ1) is 12.6. The molecule has 0 saturated carbocycles. The second-order valence-corrected chi connectivity index (χ2v) is 4.74. The van der Waals surface area contributed by atoms with Crippen molar-refractivity contribution in [1.29, 1.82) is 0 Å². The van der Waals surface area contributed by atoms with Crippen LogP contribution in [0.15, 0.2) is 36.5 Å². The Balaban J connectivity index is 1.93. The molecule has 3 rings (SSSR count). The standard InChI is InChI=1S/C14H11ClN4O/c1-8-6-12(15)18-14(17-8)19-13(20)10-7-16-11-5-3-2-4-9(10)11/h2-7,16H,1H3,(H,17,18,19,20). The van der Waals surface area contributed by atoms with Crippen molar-refractivity contribution in [3.8, 4) is 0 Å². The van der Waals surface area contributed by atoms with Crippen LogP contribution in [0.2, 0.25) is 5.15 Å². The third-order valence-electron chi connectivity index (χ3n) is 2.88. The third-order valence-corrected chi connectivity index (χ3v) is 3.08. The van der Waals surface area contributed by atoms with Crippen LogP contribution >= 0.6 is 11.6 Å². The normalized spacial score (nSPS) is 10.7. The number of H-pyrrole nitrogens is 1. The Hall–Kier alpha value is -2.40. The summed E-state index contributed by atoms with van der Waals surface area (Å²) in [5.74, 6) is -0.0746. The predicted octanol–water partition coefficient (Wildman–Crippen LogP) is 3.17. The molecule has 2 N–H and O–H groups in total. The maximum Gasteiger partial charge on any atom is 0.260 e. The summed E-state index contributed by atoms with van der Waals surface area (Å²) >= 11 is 5.84. The Morgan fingerprint density at radius 2 is 2.10 bits per heavy atom. The van der Waals surface area contributed by atoms with Gasteiger partial charge in [-0.3, -0.25) is 10.1 Å². The molecule has 20 heavy (non-hydrogen) atoms. The van der Waals surface area contributed by atoms with Gasteiger partial charge >= 0.3 is 0 Å². The van der Waals surface area contributed by atoms with Gasteiger partial charge in [0, 0.05) is 22.8 Å². The Labute approximate surface area is 120 Å². The van der Waals surface area contributed by atoms with Gasteiger partial charge in [-0.1, -0.05) is 29.8 Å². The zero-order valence-electron chi connectivity index (χ0n) is 10.6. The van der Waals surface area contributed by atoms with Crippen LogP contribution in [0, 0.1) is 6.92 Å². The molecule has 100 valence electrons. The average molecular weight is 287 g/mol. The minimum Gasteiger partial charge on any atom is -0.360 e. The summed E-state index contributed by atoms with van der Waals surface area (Å²) in [5, 5.41) is 3.80. The Kier molecular flexibility index (Phi) is 3.12. The Morgan fingerprint density at radius 1 is 1.30 bits per heavy atom. The number of rotatable bonds is 2. The van der Waals surface area contributed by atoms with E-state index in [2.05, 4.69) is 20.3 Å². The summed E-state index contributed by atoms with van der Waals surface area (Å²) in [4.78, 5) is 23.4. The van der Waals surface area contributed by atoms with Crippen LogP contribution in [0.1, 0.15) is 16.1 Å². The maximum absolute atomic E-state index is 12.3. The molecule has 0 atom stereocenters. The third kappa shape index (κ3) is 2.35. The average Bonchev–Trinajstić information content (AvgIpc) is 2.81. The largest absolute Gasteiger partial charge is 0.360 e. The van der Waals surface area contributed by atoms with E-state index < -0.39 is 0 Å². The fourth-order valence-electron chi connectivity index (χ4n) is 2.01. The number of aromatic amines is 1. The second kappa shape index (κ2) is 4.94. The van der Waals surface area contributed by atoms with Gasteiger partial charge in [0.1, 0.15) is 5.15 Å². The van der Waals surface area contributed by atoms with E-state index in [0.29, 0.717) is 16.4 Å². The van der Waals surface area contributed by atoms with Crippen LogP contribution in [0.25, 0.3) is 10.9 Å². The molecule has 0 unspecified atom stereocenters. The molecule has 1 aromatic carbocycles. The van der Waals surface area contributed by atoms with Gasteiger partial charge in [0.2, 0.25) is 5.95 Å². The summed E-state index contributed by atoms with van der Waals surface area (Å²) in [6.07, 6.45) is 1.66. The van der Waals surface area contributed by atoms with Crippen LogP contribution in [0.5, 0.6) is 0 Å². The number of hydrogen-bond acceptors (Lipinski definition) is 3. The number of nitrogens with one attached hydrogen (secondary N) is 2. The van der Waals surface area contributed by atoms with Gasteiger partial charge in [-0.05, 0) is 19.1 Å². The van der Waals surface area contributed by atoms with Crippen LogP contribution in [-0.4, -0.2) is 20.9 Å². The lowest BCUT2D eigenvalue weighted by Gasteiger charge is -2.04. The molecule has 0 bridgehead atoms. The molecule has 0 aliphatic rings. The summed E-state index contributed by atoms with van der Waals surface area (Å²) in [7, 11) is 0. The van der Waals surface area contributed by atoms with E-state index in [1.165, 1.54) is 0 Å². The molecule has 0 fully saturated rings. The van der Waals surface area contributed by atoms with Crippen LogP contribution < -0.4 is 5.32 Å². The molecule has 1 amide bonds. The first-order valence-corrected chi connectivity index (χ1v) is 6.40. The van der Waals surface area contributed by atoms with Crippen molar-refractivity contribution < 1.29 is 4.79 Å². The van der Waals surface area contributed by atoms with Gasteiger partial charge < -0.3 is 4.98 Å². The van der Waals surface area contributed by atoms with Crippen molar-refractivity contribution >= 4 is 34.4 Å². The molecule has 6 heteroatoms. The smallest absolute Gasteiger partial charge is 0.260 e. The molecular weight excluding hydrogens is 276 g/mol. The van der Waals surface area contributed by atoms with Gasteiger partial charge in [0.15, 0.2) is 0 Å². The summed E-state index contributed by atoms with van der Waals surface area (Å²) in [5.41, 5.74) is 2.14. The summed E-state index contributed by atoms with van der Waals surface area (Å²) in [6.45, 7) is 1.79. The minimum atomic E-state index is -0.274. The number of anilines is 1. The molecule has 0 aliphatic carbocycles. The molecule has 0 saturated heterocycles. The number of benzene rings is 1. The first-order valence-electron chi connectivity index (χ1n) is 6.02. The Bertz CT molecular complexity index is 776.